The Morgan fingerprint density at radius 2 is 1.19 bits per heavy atom. The van der Waals surface area contributed by atoms with E-state index in [1.807, 2.05) is 0 Å². The topological polar surface area (TPSA) is 99.4 Å². The van der Waals surface area contributed by atoms with Crippen molar-refractivity contribution in [3.63, 3.8) is 0 Å². The molecule has 1 fully saturated rings. The van der Waals surface area contributed by atoms with Crippen molar-refractivity contribution in [3.8, 4) is 0 Å². The maximum Gasteiger partial charge on any atom is 0.186 e. The number of aliphatic hydroxyl groups excluding tert-OH is 4. The van der Waals surface area contributed by atoms with E-state index in [-0.39, 0.29) is 0 Å². The molecule has 1 heterocycles. The average molecular weight is 377 g/mol. The maximum atomic E-state index is 9.87. The summed E-state index contributed by atoms with van der Waals surface area (Å²) in [5, 5.41) is 38.4. The molecule has 0 radical (unpaired) electrons. The van der Waals surface area contributed by atoms with Crippen LogP contribution in [0, 0.1) is 0 Å². The lowest BCUT2D eigenvalue weighted by Crippen LogP contribution is -2.59. The Morgan fingerprint density at radius 1 is 0.692 bits per heavy atom. The number of hydrogen-bond donors (Lipinski definition) is 4. The van der Waals surface area contributed by atoms with Gasteiger partial charge in [0.1, 0.15) is 24.4 Å². The van der Waals surface area contributed by atoms with E-state index in [1.165, 1.54) is 64.2 Å². The number of ether oxygens (including phenoxy) is 2. The number of hydrogen-bond acceptors (Lipinski definition) is 6. The van der Waals surface area contributed by atoms with Gasteiger partial charge in [0.05, 0.1) is 6.61 Å². The van der Waals surface area contributed by atoms with E-state index in [9.17, 15) is 15.3 Å². The molecule has 156 valence electrons. The van der Waals surface area contributed by atoms with Crippen LogP contribution < -0.4 is 0 Å². The van der Waals surface area contributed by atoms with Gasteiger partial charge in [-0.15, -0.1) is 0 Å². The van der Waals surface area contributed by atoms with E-state index in [0.29, 0.717) is 6.61 Å². The molecule has 0 aromatic heterocycles. The van der Waals surface area contributed by atoms with Gasteiger partial charge in [-0.25, -0.2) is 0 Å². The van der Waals surface area contributed by atoms with Crippen LogP contribution in [-0.2, 0) is 9.47 Å². The third-order valence-electron chi connectivity index (χ3n) is 5.13. The third-order valence-corrected chi connectivity index (χ3v) is 5.13. The van der Waals surface area contributed by atoms with Gasteiger partial charge in [0.2, 0.25) is 0 Å². The average Bonchev–Trinajstić information content (AvgIpc) is 2.65. The molecule has 0 aromatic carbocycles. The summed E-state index contributed by atoms with van der Waals surface area (Å²) in [7, 11) is 0. The van der Waals surface area contributed by atoms with Gasteiger partial charge < -0.3 is 29.9 Å². The van der Waals surface area contributed by atoms with Gasteiger partial charge in [0, 0.05) is 6.61 Å². The first-order valence-electron chi connectivity index (χ1n) is 10.5. The third kappa shape index (κ3) is 9.11. The summed E-state index contributed by atoms with van der Waals surface area (Å²) in [6, 6.07) is 0. The Labute approximate surface area is 158 Å². The van der Waals surface area contributed by atoms with E-state index in [0.717, 1.165) is 12.8 Å². The lowest BCUT2D eigenvalue weighted by Gasteiger charge is -2.39. The highest BCUT2D eigenvalue weighted by molar-refractivity contribution is 4.88. The van der Waals surface area contributed by atoms with Crippen LogP contribution in [0.15, 0.2) is 0 Å². The van der Waals surface area contributed by atoms with Crippen LogP contribution in [0.1, 0.15) is 84.0 Å². The normalized spacial score (nSPS) is 29.2. The van der Waals surface area contributed by atoms with Crippen molar-refractivity contribution in [2.45, 2.75) is 115 Å². The summed E-state index contributed by atoms with van der Waals surface area (Å²) in [6.45, 7) is 2.25. The van der Waals surface area contributed by atoms with Crippen molar-refractivity contribution < 1.29 is 29.9 Å². The highest BCUT2D eigenvalue weighted by Crippen LogP contribution is 2.22. The second-order valence-corrected chi connectivity index (χ2v) is 7.46. The molecule has 0 spiro atoms. The zero-order valence-corrected chi connectivity index (χ0v) is 16.4. The van der Waals surface area contributed by atoms with Crippen LogP contribution >= 0.6 is 0 Å². The summed E-state index contributed by atoms with van der Waals surface area (Å²) < 4.78 is 10.8. The van der Waals surface area contributed by atoms with Gasteiger partial charge in [-0.2, -0.15) is 0 Å². The van der Waals surface area contributed by atoms with Crippen molar-refractivity contribution in [1.29, 1.82) is 0 Å². The summed E-state index contributed by atoms with van der Waals surface area (Å²) in [6.07, 6.45) is 9.21. The Bertz CT molecular complexity index is 325. The van der Waals surface area contributed by atoms with Crippen molar-refractivity contribution in [2.24, 2.45) is 0 Å². The number of unbranched alkanes of at least 4 members (excludes halogenated alkanes) is 11. The maximum absolute atomic E-state index is 9.87. The molecule has 0 aliphatic carbocycles. The van der Waals surface area contributed by atoms with E-state index in [1.54, 1.807) is 0 Å². The highest BCUT2D eigenvalue weighted by atomic mass is 16.7. The van der Waals surface area contributed by atoms with Gasteiger partial charge in [0.25, 0.3) is 0 Å². The van der Waals surface area contributed by atoms with Crippen LogP contribution in [0.3, 0.4) is 0 Å². The molecule has 0 amide bonds. The summed E-state index contributed by atoms with van der Waals surface area (Å²) in [5.41, 5.74) is 0. The Morgan fingerprint density at radius 3 is 1.69 bits per heavy atom. The molecule has 0 unspecified atom stereocenters. The largest absolute Gasteiger partial charge is 0.394 e. The van der Waals surface area contributed by atoms with E-state index in [2.05, 4.69) is 6.92 Å². The predicted octanol–water partition coefficient (Wildman–Crippen LogP) is 2.50. The first-order chi connectivity index (χ1) is 12.6. The number of rotatable bonds is 15. The Hall–Kier alpha value is -0.240. The molecule has 0 aromatic rings. The van der Waals surface area contributed by atoms with Gasteiger partial charge in [-0.1, -0.05) is 77.6 Å². The highest BCUT2D eigenvalue weighted by Gasteiger charge is 2.43. The summed E-state index contributed by atoms with van der Waals surface area (Å²) >= 11 is 0. The molecule has 5 atom stereocenters. The predicted molar refractivity (Wildman–Crippen MR) is 101 cm³/mol. The van der Waals surface area contributed by atoms with Crippen LogP contribution in [0.25, 0.3) is 0 Å². The van der Waals surface area contributed by atoms with Crippen molar-refractivity contribution in [2.75, 3.05) is 13.2 Å². The fourth-order valence-corrected chi connectivity index (χ4v) is 3.35. The second kappa shape index (κ2) is 14.8. The van der Waals surface area contributed by atoms with Crippen LogP contribution in [0.5, 0.6) is 0 Å². The quantitative estimate of drug-likeness (QED) is 0.328. The molecule has 0 bridgehead atoms. The fraction of sp³-hybridized carbons (Fsp3) is 1.00. The van der Waals surface area contributed by atoms with Crippen LogP contribution in [0.4, 0.5) is 0 Å². The minimum Gasteiger partial charge on any atom is -0.394 e. The van der Waals surface area contributed by atoms with Crippen molar-refractivity contribution in [1.82, 2.24) is 0 Å². The molecule has 26 heavy (non-hydrogen) atoms. The molecule has 4 N–H and O–H groups in total. The smallest absolute Gasteiger partial charge is 0.186 e. The van der Waals surface area contributed by atoms with Gasteiger partial charge in [0.15, 0.2) is 6.29 Å². The van der Waals surface area contributed by atoms with Gasteiger partial charge in [-0.05, 0) is 6.42 Å². The van der Waals surface area contributed by atoms with E-state index >= 15 is 0 Å². The summed E-state index contributed by atoms with van der Waals surface area (Å²) in [5.74, 6) is 0. The zero-order valence-electron chi connectivity index (χ0n) is 16.4. The van der Waals surface area contributed by atoms with E-state index in [4.69, 9.17) is 14.6 Å². The van der Waals surface area contributed by atoms with E-state index < -0.39 is 37.3 Å². The molecular formula is C20H40O6. The molecular weight excluding hydrogens is 336 g/mol. The van der Waals surface area contributed by atoms with Crippen molar-refractivity contribution >= 4 is 0 Å². The first kappa shape index (κ1) is 23.8. The molecule has 6 heteroatoms. The second-order valence-electron chi connectivity index (χ2n) is 7.46. The van der Waals surface area contributed by atoms with Gasteiger partial charge >= 0.3 is 0 Å². The minimum absolute atomic E-state index is 0.427. The molecule has 1 saturated heterocycles. The zero-order chi connectivity index (χ0) is 19.2. The Balaban J connectivity index is 1.95. The van der Waals surface area contributed by atoms with Crippen LogP contribution in [-0.4, -0.2) is 64.3 Å². The molecule has 6 nitrogen and oxygen atoms in total. The SMILES string of the molecule is CCCCCCCCCCCCCCO[C@H]1O[C@H](CO)[C@H](O)[C@H](O)[C@H]1O. The lowest BCUT2D eigenvalue weighted by atomic mass is 9.99. The molecule has 1 aliphatic heterocycles. The lowest BCUT2D eigenvalue weighted by molar-refractivity contribution is -0.301. The Kier molecular flexibility index (Phi) is 13.5. The summed E-state index contributed by atoms with van der Waals surface area (Å²) in [4.78, 5) is 0. The van der Waals surface area contributed by atoms with Crippen molar-refractivity contribution in [3.05, 3.63) is 0 Å². The number of aliphatic hydroxyl groups is 4. The fourth-order valence-electron chi connectivity index (χ4n) is 3.35. The van der Waals surface area contributed by atoms with Gasteiger partial charge in [-0.3, -0.25) is 0 Å². The minimum atomic E-state index is -1.37. The molecule has 1 aliphatic rings. The van der Waals surface area contributed by atoms with Crippen LogP contribution in [0.2, 0.25) is 0 Å². The molecule has 1 rings (SSSR count). The standard InChI is InChI=1S/C20H40O6/c1-2-3-4-5-6-7-8-9-10-11-12-13-14-25-20-19(24)18(23)17(22)16(15-21)26-20/h16-24H,2-15H2,1H3/t16-,17+,18+,19-,20+/m1/s1. The monoisotopic (exact) mass is 376 g/mol. The molecule has 0 saturated carbocycles. The first-order valence-corrected chi connectivity index (χ1v) is 10.5.